The fourth-order valence-corrected chi connectivity index (χ4v) is 3.71. The van der Waals surface area contributed by atoms with E-state index < -0.39 is 0 Å². The van der Waals surface area contributed by atoms with Crippen molar-refractivity contribution in [3.8, 4) is 11.1 Å². The number of amides is 1. The van der Waals surface area contributed by atoms with Gasteiger partial charge in [-0.15, -0.1) is 0 Å². The molecule has 0 unspecified atom stereocenters. The lowest BCUT2D eigenvalue weighted by Gasteiger charge is -2.36. The lowest BCUT2D eigenvalue weighted by Crippen LogP contribution is -2.39. The Hall–Kier alpha value is -3.21. The number of nitrogens with two attached hydrogens (primary N) is 1. The molecule has 0 saturated carbocycles. The Kier molecular flexibility index (Phi) is 4.83. The molecule has 1 amide bonds. The maximum absolute atomic E-state index is 13.2. The van der Waals surface area contributed by atoms with Crippen LogP contribution >= 0.6 is 0 Å². The van der Waals surface area contributed by atoms with E-state index >= 15 is 0 Å². The maximum Gasteiger partial charge on any atom is 0.254 e. The summed E-state index contributed by atoms with van der Waals surface area (Å²) in [5.74, 6) is 0.277. The molecule has 4 rings (SSSR count). The van der Waals surface area contributed by atoms with Crippen LogP contribution in [0.3, 0.4) is 0 Å². The van der Waals surface area contributed by atoms with Crippen LogP contribution in [0.1, 0.15) is 41.4 Å². The number of carbonyl (C=O) groups excluding carboxylic acids is 1. The molecule has 0 aliphatic carbocycles. The van der Waals surface area contributed by atoms with Crippen molar-refractivity contribution >= 4 is 11.9 Å². The van der Waals surface area contributed by atoms with Crippen LogP contribution in [0.5, 0.6) is 0 Å². The zero-order valence-corrected chi connectivity index (χ0v) is 15.1. The van der Waals surface area contributed by atoms with Crippen molar-refractivity contribution < 1.29 is 4.79 Å². The van der Waals surface area contributed by atoms with E-state index in [4.69, 9.17) is 5.73 Å². The Morgan fingerprint density at radius 1 is 1.00 bits per heavy atom. The van der Waals surface area contributed by atoms with Gasteiger partial charge in [-0.3, -0.25) is 4.79 Å². The van der Waals surface area contributed by atoms with Gasteiger partial charge in [0.25, 0.3) is 5.91 Å². The third-order valence-corrected chi connectivity index (χ3v) is 5.02. The van der Waals surface area contributed by atoms with Crippen molar-refractivity contribution in [2.75, 3.05) is 12.3 Å². The number of nitrogens with zero attached hydrogens (tertiary/aromatic N) is 3. The molecule has 0 bridgehead atoms. The van der Waals surface area contributed by atoms with E-state index in [0.29, 0.717) is 5.56 Å². The van der Waals surface area contributed by atoms with Crippen molar-refractivity contribution in [3.63, 3.8) is 0 Å². The fourth-order valence-electron chi connectivity index (χ4n) is 3.71. The quantitative estimate of drug-likeness (QED) is 0.765. The van der Waals surface area contributed by atoms with Crippen LogP contribution in [0, 0.1) is 0 Å². The molecule has 0 radical (unpaired) electrons. The second kappa shape index (κ2) is 7.58. The van der Waals surface area contributed by atoms with E-state index in [9.17, 15) is 4.79 Å². The molecule has 136 valence electrons. The molecule has 3 aromatic rings. The number of hydrogen-bond acceptors (Lipinski definition) is 4. The normalized spacial score (nSPS) is 16.9. The summed E-state index contributed by atoms with van der Waals surface area (Å²) in [6.45, 7) is 0.719. The maximum atomic E-state index is 13.2. The molecular formula is C22H22N4O. The number of piperidine rings is 1. The standard InChI is InChI=1S/C22H22N4O/c23-22-24-15-18(16-9-3-1-4-10-16)20(25-22)19-13-7-8-14-26(19)21(27)17-11-5-2-6-12-17/h1-6,9-12,15,19H,7-8,13-14H2,(H2,23,24,25)/t19-/m1/s1. The predicted octanol–water partition coefficient (Wildman–Crippen LogP) is 4.09. The van der Waals surface area contributed by atoms with Gasteiger partial charge in [-0.05, 0) is 37.0 Å². The summed E-state index contributed by atoms with van der Waals surface area (Å²) in [6.07, 6.45) is 4.69. The summed E-state index contributed by atoms with van der Waals surface area (Å²) in [4.78, 5) is 23.9. The van der Waals surface area contributed by atoms with Crippen LogP contribution in [0.2, 0.25) is 0 Å². The van der Waals surface area contributed by atoms with Crippen LogP contribution in [0.15, 0.2) is 66.9 Å². The van der Waals surface area contributed by atoms with Crippen molar-refractivity contribution in [3.05, 3.63) is 78.1 Å². The van der Waals surface area contributed by atoms with Gasteiger partial charge in [0.2, 0.25) is 5.95 Å². The minimum atomic E-state index is -0.105. The second-order valence-corrected chi connectivity index (χ2v) is 6.77. The second-order valence-electron chi connectivity index (χ2n) is 6.77. The average molecular weight is 358 g/mol. The summed E-state index contributed by atoms with van der Waals surface area (Å²) < 4.78 is 0. The summed E-state index contributed by atoms with van der Waals surface area (Å²) in [7, 11) is 0. The van der Waals surface area contributed by atoms with Gasteiger partial charge in [0.1, 0.15) is 0 Å². The summed E-state index contributed by atoms with van der Waals surface area (Å²) >= 11 is 0. The van der Waals surface area contributed by atoms with Crippen LogP contribution in [0.4, 0.5) is 5.95 Å². The first kappa shape index (κ1) is 17.2. The van der Waals surface area contributed by atoms with Gasteiger partial charge < -0.3 is 10.6 Å². The Labute approximate surface area is 158 Å². The molecule has 5 nitrogen and oxygen atoms in total. The van der Waals surface area contributed by atoms with Gasteiger partial charge in [-0.1, -0.05) is 48.5 Å². The van der Waals surface area contributed by atoms with E-state index in [-0.39, 0.29) is 17.9 Å². The number of benzene rings is 2. The Morgan fingerprint density at radius 3 is 2.44 bits per heavy atom. The first-order valence-corrected chi connectivity index (χ1v) is 9.28. The summed E-state index contributed by atoms with van der Waals surface area (Å²) in [6, 6.07) is 19.3. The number of aromatic nitrogens is 2. The van der Waals surface area contributed by atoms with E-state index in [0.717, 1.165) is 42.6 Å². The minimum Gasteiger partial charge on any atom is -0.368 e. The Balaban J connectivity index is 1.76. The molecule has 2 N–H and O–H groups in total. The number of likely N-dealkylation sites (tertiary alicyclic amines) is 1. The highest BCUT2D eigenvalue weighted by molar-refractivity contribution is 5.94. The number of anilines is 1. The van der Waals surface area contributed by atoms with Crippen LogP contribution in [-0.4, -0.2) is 27.3 Å². The van der Waals surface area contributed by atoms with Gasteiger partial charge in [0, 0.05) is 23.9 Å². The number of rotatable bonds is 3. The molecule has 5 heteroatoms. The molecule has 1 aliphatic heterocycles. The third-order valence-electron chi connectivity index (χ3n) is 5.02. The highest BCUT2D eigenvalue weighted by Gasteiger charge is 2.31. The van der Waals surface area contributed by atoms with Crippen molar-refractivity contribution in [2.24, 2.45) is 0 Å². The van der Waals surface area contributed by atoms with Crippen LogP contribution in [0.25, 0.3) is 11.1 Å². The Morgan fingerprint density at radius 2 is 1.70 bits per heavy atom. The molecule has 27 heavy (non-hydrogen) atoms. The smallest absolute Gasteiger partial charge is 0.254 e. The van der Waals surface area contributed by atoms with Gasteiger partial charge in [0.15, 0.2) is 0 Å². The summed E-state index contributed by atoms with van der Waals surface area (Å²) in [5.41, 5.74) is 9.42. The number of carbonyl (C=O) groups is 1. The third kappa shape index (κ3) is 3.53. The first-order valence-electron chi connectivity index (χ1n) is 9.28. The van der Waals surface area contributed by atoms with E-state index in [1.807, 2.05) is 65.6 Å². The van der Waals surface area contributed by atoms with Gasteiger partial charge in [-0.2, -0.15) is 0 Å². The SMILES string of the molecule is Nc1ncc(-c2ccccc2)c([C@H]2CCCCN2C(=O)c2ccccc2)n1. The fraction of sp³-hybridized carbons (Fsp3) is 0.227. The molecule has 2 heterocycles. The highest BCUT2D eigenvalue weighted by atomic mass is 16.2. The van der Waals surface area contributed by atoms with E-state index in [1.54, 1.807) is 6.20 Å². The van der Waals surface area contributed by atoms with Crippen molar-refractivity contribution in [2.45, 2.75) is 25.3 Å². The van der Waals surface area contributed by atoms with E-state index in [1.165, 1.54) is 0 Å². The average Bonchev–Trinajstić information content (AvgIpc) is 2.74. The zero-order chi connectivity index (χ0) is 18.6. The predicted molar refractivity (Wildman–Crippen MR) is 106 cm³/mol. The molecule has 1 aromatic heterocycles. The largest absolute Gasteiger partial charge is 0.368 e. The molecule has 0 spiro atoms. The lowest BCUT2D eigenvalue weighted by atomic mass is 9.93. The lowest BCUT2D eigenvalue weighted by molar-refractivity contribution is 0.0607. The molecule has 1 fully saturated rings. The van der Waals surface area contributed by atoms with E-state index in [2.05, 4.69) is 9.97 Å². The molecular weight excluding hydrogens is 336 g/mol. The topological polar surface area (TPSA) is 72.1 Å². The number of hydrogen-bond donors (Lipinski definition) is 1. The highest BCUT2D eigenvalue weighted by Crippen LogP contribution is 2.36. The van der Waals surface area contributed by atoms with Crippen molar-refractivity contribution in [1.82, 2.24) is 14.9 Å². The molecule has 1 atom stereocenters. The van der Waals surface area contributed by atoms with Gasteiger partial charge in [-0.25, -0.2) is 9.97 Å². The molecule has 2 aromatic carbocycles. The van der Waals surface area contributed by atoms with Crippen LogP contribution < -0.4 is 5.73 Å². The zero-order valence-electron chi connectivity index (χ0n) is 15.1. The molecule has 1 aliphatic rings. The Bertz CT molecular complexity index is 928. The van der Waals surface area contributed by atoms with Gasteiger partial charge >= 0.3 is 0 Å². The monoisotopic (exact) mass is 358 g/mol. The first-order chi connectivity index (χ1) is 13.2. The van der Waals surface area contributed by atoms with Gasteiger partial charge in [0.05, 0.1) is 11.7 Å². The number of nitrogen functional groups attached to an aromatic ring is 1. The minimum absolute atomic E-state index is 0.0384. The van der Waals surface area contributed by atoms with Crippen molar-refractivity contribution in [1.29, 1.82) is 0 Å². The molecule has 1 saturated heterocycles. The summed E-state index contributed by atoms with van der Waals surface area (Å²) in [5, 5.41) is 0. The van der Waals surface area contributed by atoms with Crippen LogP contribution in [-0.2, 0) is 0 Å².